The zero-order chi connectivity index (χ0) is 12.3. The van der Waals surface area contributed by atoms with E-state index in [1.165, 1.54) is 7.11 Å². The first-order chi connectivity index (χ1) is 8.14. The number of carbonyl (C=O) groups is 1. The predicted molar refractivity (Wildman–Crippen MR) is 64.1 cm³/mol. The molecule has 2 rings (SSSR count). The third-order valence-electron chi connectivity index (χ3n) is 3.03. The number of hydrogen-bond acceptors (Lipinski definition) is 4. The zero-order valence-corrected chi connectivity index (χ0v) is 10.1. The van der Waals surface area contributed by atoms with Crippen LogP contribution < -0.4 is 15.4 Å². The zero-order valence-electron chi connectivity index (χ0n) is 10.1. The van der Waals surface area contributed by atoms with Crippen LogP contribution in [0.3, 0.4) is 0 Å². The SMILES string of the molecule is COc1cnccc1C(=O)NC1(C)CCNC1. The van der Waals surface area contributed by atoms with Crippen molar-refractivity contribution in [1.29, 1.82) is 0 Å². The van der Waals surface area contributed by atoms with Crippen LogP contribution in [0.5, 0.6) is 5.75 Å². The molecule has 2 N–H and O–H groups in total. The lowest BCUT2D eigenvalue weighted by Gasteiger charge is -2.24. The van der Waals surface area contributed by atoms with E-state index in [1.54, 1.807) is 18.5 Å². The van der Waals surface area contributed by atoms with E-state index in [0.717, 1.165) is 19.5 Å². The van der Waals surface area contributed by atoms with Gasteiger partial charge in [-0.3, -0.25) is 9.78 Å². The maximum Gasteiger partial charge on any atom is 0.255 e. The van der Waals surface area contributed by atoms with E-state index in [2.05, 4.69) is 15.6 Å². The summed E-state index contributed by atoms with van der Waals surface area (Å²) in [5, 5.41) is 6.28. The molecule has 0 aliphatic carbocycles. The van der Waals surface area contributed by atoms with Crippen LogP contribution in [0.1, 0.15) is 23.7 Å². The van der Waals surface area contributed by atoms with Crippen molar-refractivity contribution in [2.75, 3.05) is 20.2 Å². The smallest absolute Gasteiger partial charge is 0.255 e. The molecule has 1 atom stereocenters. The molecule has 0 radical (unpaired) electrons. The molecule has 92 valence electrons. The van der Waals surface area contributed by atoms with Crippen molar-refractivity contribution in [2.45, 2.75) is 18.9 Å². The Morgan fingerprint density at radius 3 is 3.12 bits per heavy atom. The van der Waals surface area contributed by atoms with Crippen molar-refractivity contribution < 1.29 is 9.53 Å². The van der Waals surface area contributed by atoms with Gasteiger partial charge in [0.2, 0.25) is 0 Å². The first kappa shape index (κ1) is 11.9. The normalized spacial score (nSPS) is 23.4. The number of methoxy groups -OCH3 is 1. The Labute approximate surface area is 101 Å². The average molecular weight is 235 g/mol. The summed E-state index contributed by atoms with van der Waals surface area (Å²) in [6.07, 6.45) is 4.07. The van der Waals surface area contributed by atoms with E-state index < -0.39 is 0 Å². The van der Waals surface area contributed by atoms with Crippen molar-refractivity contribution in [3.8, 4) is 5.75 Å². The monoisotopic (exact) mass is 235 g/mol. The standard InChI is InChI=1S/C12H17N3O2/c1-12(4-6-14-8-12)15-11(16)9-3-5-13-7-10(9)17-2/h3,5,7,14H,4,6,8H2,1-2H3,(H,15,16). The van der Waals surface area contributed by atoms with Crippen LogP contribution in [-0.4, -0.2) is 36.6 Å². The Morgan fingerprint density at radius 2 is 2.47 bits per heavy atom. The highest BCUT2D eigenvalue weighted by Crippen LogP contribution is 2.19. The summed E-state index contributed by atoms with van der Waals surface area (Å²) in [5.41, 5.74) is 0.348. The molecule has 1 aromatic heterocycles. The van der Waals surface area contributed by atoms with Gasteiger partial charge in [0, 0.05) is 12.7 Å². The molecule has 1 amide bonds. The Balaban J connectivity index is 2.14. The maximum absolute atomic E-state index is 12.1. The summed E-state index contributed by atoms with van der Waals surface area (Å²) in [6, 6.07) is 1.67. The molecular weight excluding hydrogens is 218 g/mol. The number of nitrogens with zero attached hydrogens (tertiary/aromatic N) is 1. The third-order valence-corrected chi connectivity index (χ3v) is 3.03. The van der Waals surface area contributed by atoms with Crippen LogP contribution in [-0.2, 0) is 0 Å². The average Bonchev–Trinajstić information content (AvgIpc) is 2.75. The molecule has 0 aromatic carbocycles. The number of hydrogen-bond donors (Lipinski definition) is 2. The first-order valence-electron chi connectivity index (χ1n) is 5.66. The van der Waals surface area contributed by atoms with E-state index in [-0.39, 0.29) is 11.4 Å². The number of carbonyl (C=O) groups excluding carboxylic acids is 1. The molecule has 0 spiro atoms. The number of pyridine rings is 1. The van der Waals surface area contributed by atoms with Crippen LogP contribution in [0.15, 0.2) is 18.5 Å². The lowest BCUT2D eigenvalue weighted by atomic mass is 10.0. The quantitative estimate of drug-likeness (QED) is 0.804. The van der Waals surface area contributed by atoms with Crippen molar-refractivity contribution in [3.63, 3.8) is 0 Å². The molecule has 5 heteroatoms. The summed E-state index contributed by atoms with van der Waals surface area (Å²) < 4.78 is 5.12. The number of amides is 1. The fraction of sp³-hybridized carbons (Fsp3) is 0.500. The highest BCUT2D eigenvalue weighted by molar-refractivity contribution is 5.97. The summed E-state index contributed by atoms with van der Waals surface area (Å²) in [6.45, 7) is 3.77. The van der Waals surface area contributed by atoms with Gasteiger partial charge in [-0.2, -0.15) is 0 Å². The molecule has 0 bridgehead atoms. The lowest BCUT2D eigenvalue weighted by molar-refractivity contribution is 0.0910. The van der Waals surface area contributed by atoms with Gasteiger partial charge in [0.15, 0.2) is 0 Å². The molecule has 1 fully saturated rings. The molecule has 2 heterocycles. The molecule has 5 nitrogen and oxygen atoms in total. The largest absolute Gasteiger partial charge is 0.494 e. The number of rotatable bonds is 3. The first-order valence-corrected chi connectivity index (χ1v) is 5.66. The van der Waals surface area contributed by atoms with E-state index in [1.807, 2.05) is 6.92 Å². The Hall–Kier alpha value is -1.62. The van der Waals surface area contributed by atoms with Gasteiger partial charge < -0.3 is 15.4 Å². The van der Waals surface area contributed by atoms with Gasteiger partial charge in [-0.1, -0.05) is 0 Å². The lowest BCUT2D eigenvalue weighted by Crippen LogP contribution is -2.47. The van der Waals surface area contributed by atoms with Gasteiger partial charge >= 0.3 is 0 Å². The van der Waals surface area contributed by atoms with Gasteiger partial charge in [-0.05, 0) is 26.0 Å². The van der Waals surface area contributed by atoms with Crippen LogP contribution in [0.25, 0.3) is 0 Å². The van der Waals surface area contributed by atoms with Crippen LogP contribution in [0.2, 0.25) is 0 Å². The predicted octanol–water partition coefficient (Wildman–Crippen LogP) is 0.572. The van der Waals surface area contributed by atoms with Crippen LogP contribution >= 0.6 is 0 Å². The van der Waals surface area contributed by atoms with Gasteiger partial charge in [0.05, 0.1) is 24.4 Å². The van der Waals surface area contributed by atoms with E-state index in [4.69, 9.17) is 4.74 Å². The van der Waals surface area contributed by atoms with Crippen molar-refractivity contribution >= 4 is 5.91 Å². The van der Waals surface area contributed by atoms with Gasteiger partial charge in [-0.15, -0.1) is 0 Å². The van der Waals surface area contributed by atoms with Crippen molar-refractivity contribution in [3.05, 3.63) is 24.0 Å². The highest BCUT2D eigenvalue weighted by atomic mass is 16.5. The Bertz CT molecular complexity index is 414. The minimum atomic E-state index is -0.175. The molecule has 1 unspecified atom stereocenters. The van der Waals surface area contributed by atoms with E-state index >= 15 is 0 Å². The second-order valence-electron chi connectivity index (χ2n) is 4.52. The molecule has 1 saturated heterocycles. The van der Waals surface area contributed by atoms with Crippen molar-refractivity contribution in [2.24, 2.45) is 0 Å². The fourth-order valence-corrected chi connectivity index (χ4v) is 2.00. The van der Waals surface area contributed by atoms with Crippen LogP contribution in [0, 0.1) is 0 Å². The maximum atomic E-state index is 12.1. The number of aromatic nitrogens is 1. The van der Waals surface area contributed by atoms with Crippen molar-refractivity contribution in [1.82, 2.24) is 15.6 Å². The van der Waals surface area contributed by atoms with Gasteiger partial charge in [0.25, 0.3) is 5.91 Å². The topological polar surface area (TPSA) is 63.2 Å². The Morgan fingerprint density at radius 1 is 1.65 bits per heavy atom. The van der Waals surface area contributed by atoms with E-state index in [9.17, 15) is 4.79 Å². The second kappa shape index (κ2) is 4.71. The molecule has 0 saturated carbocycles. The molecule has 1 aromatic rings. The molecule has 17 heavy (non-hydrogen) atoms. The fourth-order valence-electron chi connectivity index (χ4n) is 2.00. The molecule has 1 aliphatic heterocycles. The van der Waals surface area contributed by atoms with E-state index in [0.29, 0.717) is 11.3 Å². The minimum Gasteiger partial charge on any atom is -0.494 e. The molecule has 1 aliphatic rings. The minimum absolute atomic E-state index is 0.115. The number of nitrogens with one attached hydrogen (secondary N) is 2. The second-order valence-corrected chi connectivity index (χ2v) is 4.52. The summed E-state index contributed by atoms with van der Waals surface area (Å²) in [5.74, 6) is 0.384. The van der Waals surface area contributed by atoms with Gasteiger partial charge in [-0.25, -0.2) is 0 Å². The Kier molecular flexibility index (Phi) is 3.28. The summed E-state index contributed by atoms with van der Waals surface area (Å²) >= 11 is 0. The summed E-state index contributed by atoms with van der Waals surface area (Å²) in [7, 11) is 1.53. The summed E-state index contributed by atoms with van der Waals surface area (Å²) in [4.78, 5) is 16.1. The highest BCUT2D eigenvalue weighted by Gasteiger charge is 2.30. The molecular formula is C12H17N3O2. The third kappa shape index (κ3) is 2.55. The van der Waals surface area contributed by atoms with Crippen LogP contribution in [0.4, 0.5) is 0 Å². The number of ether oxygens (including phenoxy) is 1. The van der Waals surface area contributed by atoms with Gasteiger partial charge in [0.1, 0.15) is 5.75 Å².